The molecule has 4 amide bonds. The lowest BCUT2D eigenvalue weighted by Gasteiger charge is -2.27. The number of carboxylic acid groups (broad SMARTS) is 1. The van der Waals surface area contributed by atoms with Gasteiger partial charge in [0.15, 0.2) is 0 Å². The Hall–Kier alpha value is -2.34. The smallest absolute Gasteiger partial charge is 0.322 e. The maximum absolute atomic E-state index is 12.6. The predicted octanol–water partition coefficient (Wildman–Crippen LogP) is -2.81. The van der Waals surface area contributed by atoms with Gasteiger partial charge < -0.3 is 32.1 Å². The second-order valence-electron chi connectivity index (χ2n) is 6.16. The number of primary amides is 1. The van der Waals surface area contributed by atoms with Crippen molar-refractivity contribution in [3.05, 3.63) is 0 Å². The van der Waals surface area contributed by atoms with Gasteiger partial charge in [0, 0.05) is 18.7 Å². The highest BCUT2D eigenvalue weighted by molar-refractivity contribution is 7.80. The van der Waals surface area contributed by atoms with Gasteiger partial charge in [0.2, 0.25) is 23.6 Å². The lowest BCUT2D eigenvalue weighted by molar-refractivity contribution is -0.141. The maximum atomic E-state index is 12.6. The summed E-state index contributed by atoms with van der Waals surface area (Å²) in [5.74, 6) is -3.54. The molecule has 1 aliphatic heterocycles. The first-order chi connectivity index (χ1) is 12.7. The van der Waals surface area contributed by atoms with Gasteiger partial charge in [0.05, 0.1) is 6.04 Å². The largest absolute Gasteiger partial charge is 0.480 e. The van der Waals surface area contributed by atoms with Crippen molar-refractivity contribution in [3.8, 4) is 0 Å². The number of amides is 4. The van der Waals surface area contributed by atoms with E-state index in [1.165, 1.54) is 4.90 Å². The summed E-state index contributed by atoms with van der Waals surface area (Å²) in [5.41, 5.74) is 10.8. The fourth-order valence-corrected chi connectivity index (χ4v) is 2.86. The van der Waals surface area contributed by atoms with Gasteiger partial charge >= 0.3 is 5.97 Å². The molecule has 0 radical (unpaired) electrons. The van der Waals surface area contributed by atoms with Crippen molar-refractivity contribution in [2.45, 2.75) is 43.8 Å². The Morgan fingerprint density at radius 3 is 2.48 bits per heavy atom. The summed E-state index contributed by atoms with van der Waals surface area (Å²) in [6.45, 7) is -0.276. The van der Waals surface area contributed by atoms with E-state index in [1.54, 1.807) is 0 Å². The highest BCUT2D eigenvalue weighted by Crippen LogP contribution is 2.19. The fraction of sp³-hybridized carbons (Fsp3) is 0.667. The number of likely N-dealkylation sites (tertiary alicyclic amines) is 1. The third-order valence-corrected chi connectivity index (χ3v) is 4.47. The van der Waals surface area contributed by atoms with Crippen molar-refractivity contribution in [2.24, 2.45) is 11.5 Å². The Morgan fingerprint density at radius 1 is 1.26 bits per heavy atom. The molecule has 1 fully saturated rings. The minimum absolute atomic E-state index is 0.0939. The standard InChI is InChI=1S/C15H25N5O6S/c16-8(7-27)15(26)20-5-1-2-10(20)14(25)19-9(3-4-11(17)21)13(24)18-6-12(22)23/h8-10,27H,1-7,16H2,(H2,17,21)(H,18,24)(H,19,25)(H,22,23). The zero-order valence-electron chi connectivity index (χ0n) is 14.7. The van der Waals surface area contributed by atoms with Gasteiger partial charge in [-0.2, -0.15) is 12.6 Å². The van der Waals surface area contributed by atoms with Crippen LogP contribution in [-0.4, -0.2) is 76.6 Å². The molecule has 12 heteroatoms. The summed E-state index contributed by atoms with van der Waals surface area (Å²) < 4.78 is 0. The Morgan fingerprint density at radius 2 is 1.93 bits per heavy atom. The molecule has 27 heavy (non-hydrogen) atoms. The average Bonchev–Trinajstić information content (AvgIpc) is 3.11. The topological polar surface area (TPSA) is 185 Å². The number of nitrogens with zero attached hydrogens (tertiary/aromatic N) is 1. The molecule has 0 aromatic rings. The molecule has 0 aromatic heterocycles. The molecule has 7 N–H and O–H groups in total. The number of carbonyl (C=O) groups is 5. The molecule has 152 valence electrons. The van der Waals surface area contributed by atoms with Crippen LogP contribution in [0.25, 0.3) is 0 Å². The van der Waals surface area contributed by atoms with E-state index in [-0.39, 0.29) is 18.6 Å². The highest BCUT2D eigenvalue weighted by Gasteiger charge is 2.37. The Balaban J connectivity index is 2.80. The third-order valence-electron chi connectivity index (χ3n) is 4.08. The average molecular weight is 403 g/mol. The van der Waals surface area contributed by atoms with Crippen LogP contribution in [0.2, 0.25) is 0 Å². The molecular weight excluding hydrogens is 378 g/mol. The zero-order valence-corrected chi connectivity index (χ0v) is 15.6. The van der Waals surface area contributed by atoms with Crippen LogP contribution in [0.4, 0.5) is 0 Å². The summed E-state index contributed by atoms with van der Waals surface area (Å²) in [4.78, 5) is 59.9. The number of nitrogens with one attached hydrogen (secondary N) is 2. The highest BCUT2D eigenvalue weighted by atomic mass is 32.1. The van der Waals surface area contributed by atoms with E-state index in [0.29, 0.717) is 19.4 Å². The SMILES string of the molecule is NC(=O)CCC(NC(=O)C1CCCN1C(=O)C(N)CS)C(=O)NCC(=O)O. The molecule has 0 saturated carbocycles. The van der Waals surface area contributed by atoms with E-state index < -0.39 is 54.3 Å². The summed E-state index contributed by atoms with van der Waals surface area (Å²) in [6.07, 6.45) is 0.725. The maximum Gasteiger partial charge on any atom is 0.322 e. The lowest BCUT2D eigenvalue weighted by Crippen LogP contribution is -2.55. The van der Waals surface area contributed by atoms with Crippen molar-refractivity contribution in [3.63, 3.8) is 0 Å². The summed E-state index contributed by atoms with van der Waals surface area (Å²) in [7, 11) is 0. The van der Waals surface area contributed by atoms with Gasteiger partial charge in [-0.05, 0) is 19.3 Å². The minimum Gasteiger partial charge on any atom is -0.480 e. The summed E-state index contributed by atoms with van der Waals surface area (Å²) in [6, 6.07) is -2.79. The normalized spacial score (nSPS) is 18.4. The first-order valence-corrected chi connectivity index (χ1v) is 9.05. The van der Waals surface area contributed by atoms with Crippen LogP contribution in [0.1, 0.15) is 25.7 Å². The molecule has 1 heterocycles. The van der Waals surface area contributed by atoms with Gasteiger partial charge in [-0.25, -0.2) is 0 Å². The zero-order chi connectivity index (χ0) is 20.6. The molecule has 3 unspecified atom stereocenters. The van der Waals surface area contributed by atoms with Gasteiger partial charge in [-0.15, -0.1) is 0 Å². The molecule has 11 nitrogen and oxygen atoms in total. The summed E-state index contributed by atoms with van der Waals surface area (Å²) >= 11 is 3.98. The van der Waals surface area contributed by atoms with Crippen LogP contribution >= 0.6 is 12.6 Å². The van der Waals surface area contributed by atoms with Crippen LogP contribution in [0, 0.1) is 0 Å². The van der Waals surface area contributed by atoms with Crippen molar-refractivity contribution >= 4 is 42.2 Å². The van der Waals surface area contributed by atoms with Crippen LogP contribution in [-0.2, 0) is 24.0 Å². The van der Waals surface area contributed by atoms with Gasteiger partial charge in [0.1, 0.15) is 18.6 Å². The number of aliphatic carboxylic acids is 1. The first kappa shape index (κ1) is 22.7. The van der Waals surface area contributed by atoms with E-state index in [2.05, 4.69) is 23.3 Å². The second kappa shape index (κ2) is 10.7. The summed E-state index contributed by atoms with van der Waals surface area (Å²) in [5, 5.41) is 13.3. The number of thiol groups is 1. The number of carboxylic acids is 1. The van der Waals surface area contributed by atoms with Crippen LogP contribution in [0.15, 0.2) is 0 Å². The van der Waals surface area contributed by atoms with Crippen LogP contribution < -0.4 is 22.1 Å². The molecule has 0 spiro atoms. The van der Waals surface area contributed by atoms with Gasteiger partial charge in [0.25, 0.3) is 0 Å². The van der Waals surface area contributed by atoms with E-state index >= 15 is 0 Å². The lowest BCUT2D eigenvalue weighted by atomic mass is 10.1. The molecule has 1 saturated heterocycles. The van der Waals surface area contributed by atoms with Gasteiger partial charge in [-0.3, -0.25) is 24.0 Å². The molecule has 0 bridgehead atoms. The second-order valence-corrected chi connectivity index (χ2v) is 6.52. The molecule has 0 aliphatic carbocycles. The molecule has 3 atom stereocenters. The van der Waals surface area contributed by atoms with E-state index in [4.69, 9.17) is 16.6 Å². The molecule has 0 aromatic carbocycles. The number of nitrogens with two attached hydrogens (primary N) is 2. The van der Waals surface area contributed by atoms with Crippen LogP contribution in [0.5, 0.6) is 0 Å². The molecular formula is C15H25N5O6S. The van der Waals surface area contributed by atoms with Crippen molar-refractivity contribution < 1.29 is 29.1 Å². The van der Waals surface area contributed by atoms with E-state index in [0.717, 1.165) is 0 Å². The Labute approximate surface area is 161 Å². The third kappa shape index (κ3) is 7.06. The monoisotopic (exact) mass is 403 g/mol. The predicted molar refractivity (Wildman–Crippen MR) is 97.6 cm³/mol. The molecule has 1 aliphatic rings. The van der Waals surface area contributed by atoms with Crippen LogP contribution in [0.3, 0.4) is 0 Å². The number of hydrogen-bond acceptors (Lipinski definition) is 7. The molecule has 1 rings (SSSR count). The quantitative estimate of drug-likeness (QED) is 0.212. The Kier molecular flexibility index (Phi) is 9.02. The van der Waals surface area contributed by atoms with Crippen molar-refractivity contribution in [1.82, 2.24) is 15.5 Å². The fourth-order valence-electron chi connectivity index (χ4n) is 2.70. The van der Waals surface area contributed by atoms with Gasteiger partial charge in [-0.1, -0.05) is 0 Å². The Bertz CT molecular complexity index is 601. The van der Waals surface area contributed by atoms with E-state index in [9.17, 15) is 24.0 Å². The van der Waals surface area contributed by atoms with E-state index in [1.807, 2.05) is 0 Å². The minimum atomic E-state index is -1.25. The van der Waals surface area contributed by atoms with Crippen molar-refractivity contribution in [1.29, 1.82) is 0 Å². The number of hydrogen-bond donors (Lipinski definition) is 6. The van der Waals surface area contributed by atoms with Crippen molar-refractivity contribution in [2.75, 3.05) is 18.8 Å². The number of rotatable bonds is 10. The first-order valence-electron chi connectivity index (χ1n) is 8.42. The number of carbonyl (C=O) groups excluding carboxylic acids is 4.